The summed E-state index contributed by atoms with van der Waals surface area (Å²) in [6, 6.07) is 11.1. The van der Waals surface area contributed by atoms with Crippen LogP contribution in [0.15, 0.2) is 36.4 Å². The Hall–Kier alpha value is -2.65. The zero-order valence-electron chi connectivity index (χ0n) is 19.6. The van der Waals surface area contributed by atoms with Crippen LogP contribution in [0.3, 0.4) is 0 Å². The molecule has 2 fully saturated rings. The average molecular weight is 488 g/mol. The van der Waals surface area contributed by atoms with Crippen molar-refractivity contribution in [3.63, 3.8) is 0 Å². The Bertz CT molecular complexity index is 1050. The largest absolute Gasteiger partial charge is 0.450 e. The Morgan fingerprint density at radius 3 is 2.41 bits per heavy atom. The molecule has 1 aliphatic carbocycles. The van der Waals surface area contributed by atoms with Crippen LogP contribution in [-0.4, -0.2) is 51.4 Å². The van der Waals surface area contributed by atoms with E-state index in [9.17, 15) is 18.4 Å². The summed E-state index contributed by atoms with van der Waals surface area (Å²) in [6.45, 7) is 3.02. The van der Waals surface area contributed by atoms with Gasteiger partial charge in [-0.15, -0.1) is 0 Å². The van der Waals surface area contributed by atoms with Crippen molar-refractivity contribution in [2.75, 3.05) is 29.3 Å². The summed E-state index contributed by atoms with van der Waals surface area (Å²) >= 11 is -2.24. The van der Waals surface area contributed by atoms with Gasteiger partial charge in [0, 0.05) is 41.5 Å². The number of hydrogen-bond donors (Lipinski definition) is 2. The van der Waals surface area contributed by atoms with Gasteiger partial charge in [-0.25, -0.2) is 9.00 Å². The van der Waals surface area contributed by atoms with E-state index >= 15 is 0 Å². The van der Waals surface area contributed by atoms with Crippen molar-refractivity contribution < 1.29 is 23.1 Å². The normalized spacial score (nSPS) is 18.5. The minimum atomic E-state index is -2.24. The fourth-order valence-corrected chi connectivity index (χ4v) is 5.89. The Labute approximate surface area is 203 Å². The first-order valence-corrected chi connectivity index (χ1v) is 13.2. The molecule has 9 heteroatoms. The lowest BCUT2D eigenvalue weighted by Gasteiger charge is -2.37. The Kier molecular flexibility index (Phi) is 8.05. The van der Waals surface area contributed by atoms with Crippen LogP contribution in [0.5, 0.6) is 0 Å². The lowest BCUT2D eigenvalue weighted by molar-refractivity contribution is -0.120. The van der Waals surface area contributed by atoms with Gasteiger partial charge in [-0.2, -0.15) is 0 Å². The number of piperidine rings is 1. The Morgan fingerprint density at radius 1 is 1.06 bits per heavy atom. The molecule has 0 radical (unpaired) electrons. The quantitative estimate of drug-likeness (QED) is 0.564. The van der Waals surface area contributed by atoms with Crippen LogP contribution in [0.25, 0.3) is 10.8 Å². The highest BCUT2D eigenvalue weighted by Gasteiger charge is 2.31. The van der Waals surface area contributed by atoms with Crippen molar-refractivity contribution in [2.24, 2.45) is 5.92 Å². The molecule has 1 unspecified atom stereocenters. The van der Waals surface area contributed by atoms with Gasteiger partial charge in [0.1, 0.15) is 0 Å². The third-order valence-electron chi connectivity index (χ3n) is 6.86. The van der Waals surface area contributed by atoms with E-state index in [4.69, 9.17) is 4.74 Å². The van der Waals surface area contributed by atoms with Crippen LogP contribution in [0, 0.1) is 5.92 Å². The number of ether oxygens (including phenoxy) is 1. The van der Waals surface area contributed by atoms with E-state index in [1.54, 1.807) is 11.8 Å². The van der Waals surface area contributed by atoms with Gasteiger partial charge in [-0.3, -0.25) is 13.7 Å². The number of anilines is 2. The molecule has 1 atom stereocenters. The van der Waals surface area contributed by atoms with Crippen molar-refractivity contribution in [2.45, 2.75) is 57.9 Å². The summed E-state index contributed by atoms with van der Waals surface area (Å²) in [5, 5.41) is 4.75. The number of fused-ring (bicyclic) bond motifs is 1. The van der Waals surface area contributed by atoms with Gasteiger partial charge in [-0.05, 0) is 44.7 Å². The van der Waals surface area contributed by atoms with E-state index < -0.39 is 11.3 Å². The van der Waals surface area contributed by atoms with Crippen molar-refractivity contribution >= 4 is 45.4 Å². The molecule has 2 aliphatic rings. The molecule has 8 nitrogen and oxygen atoms in total. The fraction of sp³-hybridized carbons (Fsp3) is 0.520. The smallest absolute Gasteiger partial charge is 0.409 e. The molecule has 1 heterocycles. The number of rotatable bonds is 6. The first kappa shape index (κ1) is 24.5. The van der Waals surface area contributed by atoms with Gasteiger partial charge in [-0.1, -0.05) is 43.5 Å². The van der Waals surface area contributed by atoms with Crippen LogP contribution < -0.4 is 9.62 Å². The van der Waals surface area contributed by atoms with E-state index in [0.29, 0.717) is 38.2 Å². The molecule has 2 amide bonds. The minimum Gasteiger partial charge on any atom is -0.450 e. The molecule has 1 saturated carbocycles. The number of likely N-dealkylation sites (tertiary alicyclic amines) is 1. The zero-order chi connectivity index (χ0) is 24.1. The van der Waals surface area contributed by atoms with Gasteiger partial charge in [0.25, 0.3) is 11.3 Å². The highest BCUT2D eigenvalue weighted by Crippen LogP contribution is 2.35. The summed E-state index contributed by atoms with van der Waals surface area (Å²) in [6.07, 6.45) is 5.97. The molecule has 2 aromatic carbocycles. The maximum atomic E-state index is 12.9. The highest BCUT2D eigenvalue weighted by molar-refractivity contribution is 7.80. The van der Waals surface area contributed by atoms with Crippen LogP contribution in [0.2, 0.25) is 0 Å². The van der Waals surface area contributed by atoms with Gasteiger partial charge in [0.15, 0.2) is 0 Å². The summed E-state index contributed by atoms with van der Waals surface area (Å²) in [7, 11) is 0. The maximum Gasteiger partial charge on any atom is 0.409 e. The van der Waals surface area contributed by atoms with Gasteiger partial charge < -0.3 is 15.0 Å². The molecule has 34 heavy (non-hydrogen) atoms. The number of nitrogens with one attached hydrogen (secondary N) is 1. The van der Waals surface area contributed by atoms with E-state index in [1.165, 1.54) is 10.7 Å². The van der Waals surface area contributed by atoms with Crippen LogP contribution in [0.4, 0.5) is 16.2 Å². The second-order valence-corrected chi connectivity index (χ2v) is 9.83. The molecule has 1 aliphatic heterocycles. The fourth-order valence-electron chi connectivity index (χ4n) is 5.10. The van der Waals surface area contributed by atoms with Crippen LogP contribution in [-0.2, 0) is 20.8 Å². The SMILES string of the molecule is CCOC(=O)N1CCC(N(c2cccc3c(NC(=O)C4CCCCC4)cccc23)S(=O)O)CC1. The van der Waals surface area contributed by atoms with Crippen molar-refractivity contribution in [1.82, 2.24) is 4.90 Å². The second-order valence-electron chi connectivity index (χ2n) is 8.98. The third-order valence-corrected chi connectivity index (χ3v) is 7.69. The summed E-state index contributed by atoms with van der Waals surface area (Å²) in [4.78, 5) is 26.5. The highest BCUT2D eigenvalue weighted by atomic mass is 32.2. The molecular weight excluding hydrogens is 454 g/mol. The number of nitrogens with zero attached hydrogens (tertiary/aromatic N) is 2. The first-order chi connectivity index (χ1) is 16.5. The lowest BCUT2D eigenvalue weighted by Crippen LogP contribution is -2.47. The number of benzene rings is 2. The number of hydrogen-bond acceptors (Lipinski definition) is 4. The summed E-state index contributed by atoms with van der Waals surface area (Å²) in [5.74, 6) is 0.0877. The molecule has 0 aromatic heterocycles. The zero-order valence-corrected chi connectivity index (χ0v) is 20.4. The van der Waals surface area contributed by atoms with Crippen molar-refractivity contribution in [3.05, 3.63) is 36.4 Å². The minimum absolute atomic E-state index is 0.0400. The van der Waals surface area contributed by atoms with Crippen molar-refractivity contribution in [3.8, 4) is 0 Å². The molecule has 2 aromatic rings. The summed E-state index contributed by atoms with van der Waals surface area (Å²) < 4.78 is 29.3. The molecule has 1 saturated heterocycles. The Morgan fingerprint density at radius 2 is 1.74 bits per heavy atom. The topological polar surface area (TPSA) is 99.2 Å². The van der Waals surface area contributed by atoms with E-state index in [0.717, 1.165) is 42.1 Å². The number of carbonyl (C=O) groups excluding carboxylic acids is 2. The van der Waals surface area contributed by atoms with Crippen LogP contribution in [0.1, 0.15) is 51.9 Å². The van der Waals surface area contributed by atoms with Crippen molar-refractivity contribution in [1.29, 1.82) is 0 Å². The molecule has 2 N–H and O–H groups in total. The molecule has 184 valence electrons. The average Bonchev–Trinajstić information content (AvgIpc) is 2.85. The molecule has 0 spiro atoms. The second kappa shape index (κ2) is 11.2. The Balaban J connectivity index is 1.57. The predicted molar refractivity (Wildman–Crippen MR) is 134 cm³/mol. The van der Waals surface area contributed by atoms with E-state index in [-0.39, 0.29) is 24.0 Å². The summed E-state index contributed by atoms with van der Waals surface area (Å²) in [5.41, 5.74) is 1.36. The molecule has 4 rings (SSSR count). The monoisotopic (exact) mass is 487 g/mol. The number of carbonyl (C=O) groups is 2. The van der Waals surface area contributed by atoms with Gasteiger partial charge in [0.05, 0.1) is 12.3 Å². The van der Waals surface area contributed by atoms with Gasteiger partial charge in [0.2, 0.25) is 5.91 Å². The number of amides is 2. The third kappa shape index (κ3) is 5.36. The van der Waals surface area contributed by atoms with E-state index in [1.807, 2.05) is 36.4 Å². The lowest BCUT2D eigenvalue weighted by atomic mass is 9.88. The standard InChI is InChI=1S/C25H33N3O5S/c1-2-33-25(30)27-16-14-19(15-17-27)28(34(31)32)23-13-7-10-20-21(23)11-6-12-22(20)26-24(29)18-8-4-3-5-9-18/h6-7,10-13,18-19H,2-5,8-9,14-17H2,1H3,(H,26,29)(H,31,32). The van der Waals surface area contributed by atoms with Crippen LogP contribution >= 0.6 is 0 Å². The molecule has 0 bridgehead atoms. The maximum absolute atomic E-state index is 12.9. The van der Waals surface area contributed by atoms with E-state index in [2.05, 4.69) is 5.32 Å². The first-order valence-electron chi connectivity index (χ1n) is 12.1. The molecular formula is C25H33N3O5S. The van der Waals surface area contributed by atoms with Gasteiger partial charge >= 0.3 is 6.09 Å². The predicted octanol–water partition coefficient (Wildman–Crippen LogP) is 4.92.